The molecule has 2 fully saturated rings. The Bertz CT molecular complexity index is 1150. The first-order valence-corrected chi connectivity index (χ1v) is 11.7. The molecule has 2 amide bonds. The van der Waals surface area contributed by atoms with E-state index in [1.165, 1.54) is 21.3 Å². The van der Waals surface area contributed by atoms with Crippen molar-refractivity contribution in [3.8, 4) is 0 Å². The Morgan fingerprint density at radius 2 is 1.74 bits per heavy atom. The number of allylic oxidation sites excluding steroid dienone is 6. The van der Waals surface area contributed by atoms with Crippen LogP contribution < -0.4 is 0 Å². The van der Waals surface area contributed by atoms with Gasteiger partial charge in [-0.2, -0.15) is 4.31 Å². The Morgan fingerprint density at radius 1 is 1.00 bits per heavy atom. The molecule has 2 saturated heterocycles. The van der Waals surface area contributed by atoms with E-state index in [9.17, 15) is 18.0 Å². The lowest BCUT2D eigenvalue weighted by molar-refractivity contribution is -0.149. The second-order valence-corrected chi connectivity index (χ2v) is 9.86. The maximum absolute atomic E-state index is 13.1. The smallest absolute Gasteiger partial charge is 0.257 e. The van der Waals surface area contributed by atoms with Crippen LogP contribution in [0.15, 0.2) is 76.8 Å². The van der Waals surface area contributed by atoms with Crippen molar-refractivity contribution in [1.29, 1.82) is 0 Å². The summed E-state index contributed by atoms with van der Waals surface area (Å²) >= 11 is 0. The highest BCUT2D eigenvalue weighted by molar-refractivity contribution is 7.89. The van der Waals surface area contributed by atoms with Crippen molar-refractivity contribution < 1.29 is 22.7 Å². The number of carbonyl (C=O) groups excluding carboxylic acids is 2. The van der Waals surface area contributed by atoms with Crippen LogP contribution in [-0.2, 0) is 30.9 Å². The zero-order chi connectivity index (χ0) is 21.6. The SMILES string of the molecule is O=C1C2=CC=CC3=CC=CC(C(=O)N1Cc1ccc(S(=O)(=O)N4CCOCC4)cc1)C32. The predicted molar refractivity (Wildman–Crippen MR) is 113 cm³/mol. The number of rotatable bonds is 4. The molecule has 31 heavy (non-hydrogen) atoms. The van der Waals surface area contributed by atoms with E-state index < -0.39 is 15.9 Å². The molecule has 2 aliphatic heterocycles. The number of morpholine rings is 1. The second kappa shape index (κ2) is 7.71. The number of amides is 2. The minimum Gasteiger partial charge on any atom is -0.379 e. The van der Waals surface area contributed by atoms with Crippen LogP contribution in [-0.4, -0.2) is 55.7 Å². The molecular formula is C23H22N2O5S. The fourth-order valence-corrected chi connectivity index (χ4v) is 5.92. The molecule has 8 heteroatoms. The van der Waals surface area contributed by atoms with Crippen molar-refractivity contribution >= 4 is 21.8 Å². The summed E-state index contributed by atoms with van der Waals surface area (Å²) in [5.74, 6) is -1.13. The Kier molecular flexibility index (Phi) is 5.00. The lowest BCUT2D eigenvalue weighted by atomic mass is 9.71. The van der Waals surface area contributed by atoms with Crippen LogP contribution in [0, 0.1) is 11.8 Å². The number of ether oxygens (including phenoxy) is 1. The fraction of sp³-hybridized carbons (Fsp3) is 0.304. The molecule has 160 valence electrons. The van der Waals surface area contributed by atoms with Crippen LogP contribution in [0.25, 0.3) is 0 Å². The van der Waals surface area contributed by atoms with Gasteiger partial charge in [0, 0.05) is 24.6 Å². The van der Waals surface area contributed by atoms with Gasteiger partial charge in [-0.3, -0.25) is 14.5 Å². The van der Waals surface area contributed by atoms with Crippen LogP contribution in [0.4, 0.5) is 0 Å². The van der Waals surface area contributed by atoms with Gasteiger partial charge in [0.15, 0.2) is 0 Å². The Balaban J connectivity index is 1.37. The number of sulfonamides is 1. The van der Waals surface area contributed by atoms with Crippen molar-refractivity contribution in [1.82, 2.24) is 9.21 Å². The number of likely N-dealkylation sites (tertiary alicyclic amines) is 1. The number of nitrogens with zero attached hydrogens (tertiary/aromatic N) is 2. The lowest BCUT2D eigenvalue weighted by Crippen LogP contribution is -2.50. The highest BCUT2D eigenvalue weighted by atomic mass is 32.2. The number of benzene rings is 1. The molecule has 5 rings (SSSR count). The van der Waals surface area contributed by atoms with Gasteiger partial charge >= 0.3 is 0 Å². The summed E-state index contributed by atoms with van der Waals surface area (Å²) in [7, 11) is -3.59. The Labute approximate surface area is 181 Å². The molecule has 0 N–H and O–H groups in total. The van der Waals surface area contributed by atoms with E-state index in [4.69, 9.17) is 4.74 Å². The van der Waals surface area contributed by atoms with Gasteiger partial charge in [-0.1, -0.05) is 48.6 Å². The molecule has 2 heterocycles. The maximum Gasteiger partial charge on any atom is 0.257 e. The molecule has 2 unspecified atom stereocenters. The zero-order valence-electron chi connectivity index (χ0n) is 16.8. The van der Waals surface area contributed by atoms with Crippen LogP contribution in [0.5, 0.6) is 0 Å². The third-order valence-electron chi connectivity index (χ3n) is 6.14. The normalized spacial score (nSPS) is 25.9. The van der Waals surface area contributed by atoms with E-state index in [1.54, 1.807) is 18.2 Å². The highest BCUT2D eigenvalue weighted by Gasteiger charge is 2.45. The van der Waals surface area contributed by atoms with Gasteiger partial charge in [-0.05, 0) is 23.3 Å². The van der Waals surface area contributed by atoms with E-state index >= 15 is 0 Å². The number of imide groups is 1. The summed E-state index contributed by atoms with van der Waals surface area (Å²) in [5.41, 5.74) is 2.29. The van der Waals surface area contributed by atoms with Gasteiger partial charge < -0.3 is 4.74 Å². The number of hydrogen-bond acceptors (Lipinski definition) is 5. The topological polar surface area (TPSA) is 84.0 Å². The molecular weight excluding hydrogens is 416 g/mol. The third-order valence-corrected chi connectivity index (χ3v) is 8.05. The molecule has 4 aliphatic rings. The number of hydrogen-bond donors (Lipinski definition) is 0. The first kappa shape index (κ1) is 20.1. The molecule has 0 spiro atoms. The minimum absolute atomic E-state index is 0.104. The predicted octanol–water partition coefficient (Wildman–Crippen LogP) is 1.80. The van der Waals surface area contributed by atoms with Crippen molar-refractivity contribution in [2.24, 2.45) is 11.8 Å². The van der Waals surface area contributed by atoms with Crippen molar-refractivity contribution in [2.75, 3.05) is 26.3 Å². The molecule has 0 bridgehead atoms. The number of piperidine rings is 1. The standard InChI is InChI=1S/C23H22N2O5S/c26-22-19-5-1-3-17-4-2-6-20(21(17)19)23(27)25(22)15-16-7-9-18(10-8-16)31(28,29)24-11-13-30-14-12-24/h1-10,19,21H,11-15H2. The largest absolute Gasteiger partial charge is 0.379 e. The molecule has 1 aromatic rings. The average Bonchev–Trinajstić information content (AvgIpc) is 2.81. The summed E-state index contributed by atoms with van der Waals surface area (Å²) in [4.78, 5) is 27.6. The van der Waals surface area contributed by atoms with E-state index in [-0.39, 0.29) is 29.2 Å². The second-order valence-electron chi connectivity index (χ2n) is 7.93. The van der Waals surface area contributed by atoms with Crippen LogP contribution >= 0.6 is 0 Å². The minimum atomic E-state index is -3.59. The summed E-state index contributed by atoms with van der Waals surface area (Å²) < 4.78 is 32.2. The fourth-order valence-electron chi connectivity index (χ4n) is 4.51. The van der Waals surface area contributed by atoms with Gasteiger partial charge in [0.25, 0.3) is 5.91 Å². The quantitative estimate of drug-likeness (QED) is 0.670. The molecule has 0 radical (unpaired) electrons. The van der Waals surface area contributed by atoms with Gasteiger partial charge in [-0.25, -0.2) is 8.42 Å². The van der Waals surface area contributed by atoms with Crippen molar-refractivity contribution in [3.63, 3.8) is 0 Å². The van der Waals surface area contributed by atoms with Gasteiger partial charge in [0.1, 0.15) is 0 Å². The first-order chi connectivity index (χ1) is 15.0. The van der Waals surface area contributed by atoms with E-state index in [0.717, 1.165) is 5.57 Å². The van der Waals surface area contributed by atoms with Crippen molar-refractivity contribution in [2.45, 2.75) is 11.4 Å². The monoisotopic (exact) mass is 438 g/mol. The van der Waals surface area contributed by atoms with E-state index in [1.807, 2.05) is 30.4 Å². The van der Waals surface area contributed by atoms with Gasteiger partial charge in [0.2, 0.25) is 15.9 Å². The third kappa shape index (κ3) is 3.40. The zero-order valence-corrected chi connectivity index (χ0v) is 17.6. The molecule has 0 saturated carbocycles. The van der Waals surface area contributed by atoms with Crippen LogP contribution in [0.3, 0.4) is 0 Å². The summed E-state index contributed by atoms with van der Waals surface area (Å²) in [6, 6.07) is 6.39. The Morgan fingerprint density at radius 3 is 2.48 bits per heavy atom. The van der Waals surface area contributed by atoms with Gasteiger partial charge in [0.05, 0.1) is 30.6 Å². The number of carbonyl (C=O) groups is 2. The Hall–Kier alpha value is -2.81. The molecule has 2 aliphatic carbocycles. The van der Waals surface area contributed by atoms with Crippen molar-refractivity contribution in [3.05, 3.63) is 77.4 Å². The maximum atomic E-state index is 13.1. The first-order valence-electron chi connectivity index (χ1n) is 10.3. The molecule has 0 aromatic heterocycles. The summed E-state index contributed by atoms with van der Waals surface area (Å²) in [6.07, 6.45) is 11.2. The highest BCUT2D eigenvalue weighted by Crippen LogP contribution is 2.41. The van der Waals surface area contributed by atoms with E-state index in [2.05, 4.69) is 0 Å². The lowest BCUT2D eigenvalue weighted by Gasteiger charge is -2.39. The van der Waals surface area contributed by atoms with Gasteiger partial charge in [-0.15, -0.1) is 0 Å². The van der Waals surface area contributed by atoms with Crippen LogP contribution in [0.1, 0.15) is 5.56 Å². The average molecular weight is 439 g/mol. The molecule has 1 aromatic carbocycles. The van der Waals surface area contributed by atoms with Crippen LogP contribution in [0.2, 0.25) is 0 Å². The van der Waals surface area contributed by atoms with E-state index in [0.29, 0.717) is 37.4 Å². The molecule has 7 nitrogen and oxygen atoms in total. The summed E-state index contributed by atoms with van der Waals surface area (Å²) in [6.45, 7) is 1.53. The molecule has 2 atom stereocenters. The summed E-state index contributed by atoms with van der Waals surface area (Å²) in [5, 5.41) is 0.